The van der Waals surface area contributed by atoms with Crippen molar-refractivity contribution in [1.82, 2.24) is 5.32 Å². The molecule has 0 saturated heterocycles. The normalized spacial score (nSPS) is 10.2. The van der Waals surface area contributed by atoms with Crippen LogP contribution in [0.15, 0.2) is 6.07 Å². The van der Waals surface area contributed by atoms with Gasteiger partial charge in [0.2, 0.25) is 5.91 Å². The summed E-state index contributed by atoms with van der Waals surface area (Å²) in [6, 6.07) is 1.34. The first kappa shape index (κ1) is 14.4. The highest BCUT2D eigenvalue weighted by Crippen LogP contribution is 2.33. The average molecular weight is 275 g/mol. The number of carbonyl (C=O) groups is 1. The van der Waals surface area contributed by atoms with Gasteiger partial charge in [0.05, 0.1) is 23.6 Å². The first-order valence-electron chi connectivity index (χ1n) is 5.50. The molecular formula is C11H16ClFN4O. The van der Waals surface area contributed by atoms with E-state index in [9.17, 15) is 9.18 Å². The molecule has 1 aromatic carbocycles. The number of carbonyl (C=O) groups excluding carboxylic acids is 1. The Morgan fingerprint density at radius 2 is 2.11 bits per heavy atom. The maximum absolute atomic E-state index is 13.7. The summed E-state index contributed by atoms with van der Waals surface area (Å²) < 4.78 is 13.7. The number of nitrogens with one attached hydrogen (secondary N) is 2. The van der Waals surface area contributed by atoms with E-state index >= 15 is 0 Å². The molecule has 0 spiro atoms. The Balaban J connectivity index is 2.74. The number of rotatable bonds is 5. The first-order valence-corrected chi connectivity index (χ1v) is 5.88. The second-order valence-corrected chi connectivity index (χ2v) is 4.14. The molecule has 5 nitrogen and oxygen atoms in total. The van der Waals surface area contributed by atoms with Crippen LogP contribution in [0.4, 0.5) is 21.5 Å². The van der Waals surface area contributed by atoms with Crippen LogP contribution in [-0.2, 0) is 4.79 Å². The molecule has 18 heavy (non-hydrogen) atoms. The van der Waals surface area contributed by atoms with Gasteiger partial charge in [-0.15, -0.1) is 0 Å². The second-order valence-electron chi connectivity index (χ2n) is 3.76. The van der Waals surface area contributed by atoms with Crippen LogP contribution < -0.4 is 22.1 Å². The third-order valence-electron chi connectivity index (χ3n) is 2.26. The molecule has 0 heterocycles. The number of benzene rings is 1. The van der Waals surface area contributed by atoms with Crippen LogP contribution in [0.25, 0.3) is 0 Å². The zero-order chi connectivity index (χ0) is 13.7. The predicted molar refractivity (Wildman–Crippen MR) is 72.0 cm³/mol. The maximum atomic E-state index is 13.7. The highest BCUT2D eigenvalue weighted by Gasteiger charge is 2.14. The van der Waals surface area contributed by atoms with Gasteiger partial charge in [-0.3, -0.25) is 4.79 Å². The van der Waals surface area contributed by atoms with E-state index < -0.39 is 5.82 Å². The number of hydrogen-bond donors (Lipinski definition) is 4. The van der Waals surface area contributed by atoms with Gasteiger partial charge >= 0.3 is 0 Å². The van der Waals surface area contributed by atoms with E-state index in [0.717, 1.165) is 6.42 Å². The molecule has 7 heteroatoms. The number of anilines is 3. The summed E-state index contributed by atoms with van der Waals surface area (Å²) in [5.74, 6) is -0.999. The minimum Gasteiger partial charge on any atom is -0.397 e. The Morgan fingerprint density at radius 1 is 1.44 bits per heavy atom. The van der Waals surface area contributed by atoms with E-state index in [-0.39, 0.29) is 34.5 Å². The number of nitrogens with two attached hydrogens (primary N) is 2. The highest BCUT2D eigenvalue weighted by atomic mass is 35.5. The number of halogens is 2. The number of hydrogen-bond acceptors (Lipinski definition) is 4. The zero-order valence-electron chi connectivity index (χ0n) is 10.0. The van der Waals surface area contributed by atoms with Crippen molar-refractivity contribution in [2.24, 2.45) is 0 Å². The van der Waals surface area contributed by atoms with Crippen molar-refractivity contribution in [3.63, 3.8) is 0 Å². The summed E-state index contributed by atoms with van der Waals surface area (Å²) in [4.78, 5) is 11.4. The summed E-state index contributed by atoms with van der Waals surface area (Å²) >= 11 is 5.66. The molecule has 0 unspecified atom stereocenters. The lowest BCUT2D eigenvalue weighted by atomic mass is 10.2. The number of nitrogen functional groups attached to an aromatic ring is 2. The molecule has 0 aliphatic rings. The summed E-state index contributed by atoms with van der Waals surface area (Å²) in [5.41, 5.74) is 11.2. The van der Waals surface area contributed by atoms with Gasteiger partial charge in [0, 0.05) is 6.54 Å². The van der Waals surface area contributed by atoms with Crippen LogP contribution in [0, 0.1) is 5.82 Å². The topological polar surface area (TPSA) is 93.2 Å². The minimum absolute atomic E-state index is 0.0131. The Morgan fingerprint density at radius 3 is 2.72 bits per heavy atom. The zero-order valence-corrected chi connectivity index (χ0v) is 10.8. The highest BCUT2D eigenvalue weighted by molar-refractivity contribution is 6.33. The van der Waals surface area contributed by atoms with E-state index in [1.165, 1.54) is 6.07 Å². The van der Waals surface area contributed by atoms with Crippen molar-refractivity contribution >= 4 is 34.6 Å². The molecular weight excluding hydrogens is 259 g/mol. The van der Waals surface area contributed by atoms with Crippen LogP contribution in [0.5, 0.6) is 0 Å². The van der Waals surface area contributed by atoms with E-state index in [4.69, 9.17) is 23.1 Å². The van der Waals surface area contributed by atoms with Crippen molar-refractivity contribution in [3.8, 4) is 0 Å². The molecule has 0 aromatic heterocycles. The van der Waals surface area contributed by atoms with Gasteiger partial charge in [-0.1, -0.05) is 18.5 Å². The van der Waals surface area contributed by atoms with Crippen LogP contribution >= 0.6 is 11.6 Å². The Kier molecular flexibility index (Phi) is 5.03. The fourth-order valence-electron chi connectivity index (χ4n) is 1.34. The van der Waals surface area contributed by atoms with Crippen LogP contribution in [0.1, 0.15) is 13.3 Å². The van der Waals surface area contributed by atoms with Crippen molar-refractivity contribution in [3.05, 3.63) is 16.9 Å². The van der Waals surface area contributed by atoms with Gasteiger partial charge in [0.15, 0.2) is 5.82 Å². The van der Waals surface area contributed by atoms with Gasteiger partial charge in [0.25, 0.3) is 0 Å². The molecule has 1 rings (SSSR count). The van der Waals surface area contributed by atoms with Crippen molar-refractivity contribution in [2.75, 3.05) is 29.9 Å². The predicted octanol–water partition coefficient (Wildman–Crippen LogP) is 1.58. The molecule has 0 saturated carbocycles. The van der Waals surface area contributed by atoms with Gasteiger partial charge < -0.3 is 22.1 Å². The molecule has 0 radical (unpaired) electrons. The third kappa shape index (κ3) is 3.40. The molecule has 1 aromatic rings. The van der Waals surface area contributed by atoms with E-state index in [1.54, 1.807) is 0 Å². The number of amides is 1. The van der Waals surface area contributed by atoms with Gasteiger partial charge in [0.1, 0.15) is 5.02 Å². The molecule has 0 fully saturated rings. The summed E-state index contributed by atoms with van der Waals surface area (Å²) in [6.07, 6.45) is 0.829. The Hall–Kier alpha value is -1.69. The van der Waals surface area contributed by atoms with Gasteiger partial charge in [-0.2, -0.15) is 0 Å². The van der Waals surface area contributed by atoms with E-state index in [2.05, 4.69) is 10.6 Å². The van der Waals surface area contributed by atoms with Crippen molar-refractivity contribution in [2.45, 2.75) is 13.3 Å². The fraction of sp³-hybridized carbons (Fsp3) is 0.364. The molecule has 0 bridgehead atoms. The second kappa shape index (κ2) is 6.30. The largest absolute Gasteiger partial charge is 0.397 e. The maximum Gasteiger partial charge on any atom is 0.239 e. The average Bonchev–Trinajstić information content (AvgIpc) is 2.33. The lowest BCUT2D eigenvalue weighted by Gasteiger charge is -2.12. The van der Waals surface area contributed by atoms with E-state index in [0.29, 0.717) is 6.54 Å². The molecule has 0 aliphatic carbocycles. The van der Waals surface area contributed by atoms with Crippen LogP contribution in [0.3, 0.4) is 0 Å². The Labute approximate surface area is 110 Å². The minimum atomic E-state index is -0.752. The third-order valence-corrected chi connectivity index (χ3v) is 2.65. The first-order chi connectivity index (χ1) is 8.47. The molecule has 6 N–H and O–H groups in total. The van der Waals surface area contributed by atoms with Crippen LogP contribution in [0.2, 0.25) is 5.02 Å². The lowest BCUT2D eigenvalue weighted by Crippen LogP contribution is -2.30. The van der Waals surface area contributed by atoms with E-state index in [1.807, 2.05) is 6.92 Å². The standard InChI is InChI=1S/C11H16ClFN4O/c1-2-3-16-8(18)5-17-11-7(15)4-6(14)9(12)10(11)13/h4,17H,2-3,5,14-15H2,1H3,(H,16,18). The molecule has 1 amide bonds. The summed E-state index contributed by atoms with van der Waals surface area (Å²) in [7, 11) is 0. The molecule has 100 valence electrons. The summed E-state index contributed by atoms with van der Waals surface area (Å²) in [5, 5.41) is 5.04. The van der Waals surface area contributed by atoms with Crippen molar-refractivity contribution in [1.29, 1.82) is 0 Å². The van der Waals surface area contributed by atoms with Gasteiger partial charge in [-0.25, -0.2) is 4.39 Å². The fourth-order valence-corrected chi connectivity index (χ4v) is 1.49. The lowest BCUT2D eigenvalue weighted by molar-refractivity contribution is -0.119. The SMILES string of the molecule is CCCNC(=O)CNc1c(N)cc(N)c(Cl)c1F. The Bertz CT molecular complexity index is 453. The molecule has 0 atom stereocenters. The summed E-state index contributed by atoms with van der Waals surface area (Å²) in [6.45, 7) is 2.42. The molecule has 0 aliphatic heterocycles. The smallest absolute Gasteiger partial charge is 0.239 e. The van der Waals surface area contributed by atoms with Gasteiger partial charge in [-0.05, 0) is 12.5 Å². The quantitative estimate of drug-likeness (QED) is 0.613. The van der Waals surface area contributed by atoms with Crippen LogP contribution in [-0.4, -0.2) is 19.0 Å². The van der Waals surface area contributed by atoms with Crippen molar-refractivity contribution < 1.29 is 9.18 Å². The monoisotopic (exact) mass is 274 g/mol.